The number of nitrogens with zero attached hydrogens (tertiary/aromatic N) is 1. The van der Waals surface area contributed by atoms with Gasteiger partial charge in [0.2, 0.25) is 0 Å². The van der Waals surface area contributed by atoms with Crippen LogP contribution >= 0.6 is 15.9 Å². The first-order valence-electron chi connectivity index (χ1n) is 8.92. The van der Waals surface area contributed by atoms with Gasteiger partial charge >= 0.3 is 6.09 Å². The van der Waals surface area contributed by atoms with Crippen molar-refractivity contribution in [1.82, 2.24) is 4.90 Å². The molecule has 1 aliphatic carbocycles. The fraction of sp³-hybridized carbons (Fsp3) is 0.550. The fourth-order valence-corrected chi connectivity index (χ4v) is 3.77. The number of amides is 1. The van der Waals surface area contributed by atoms with E-state index in [2.05, 4.69) is 15.9 Å². The molecule has 1 amide bonds. The first-order chi connectivity index (χ1) is 11.8. The summed E-state index contributed by atoms with van der Waals surface area (Å²) in [6.07, 6.45) is 3.42. The van der Waals surface area contributed by atoms with Crippen molar-refractivity contribution in [1.29, 1.82) is 0 Å². The van der Waals surface area contributed by atoms with Crippen LogP contribution in [0.2, 0.25) is 0 Å². The van der Waals surface area contributed by atoms with Crippen LogP contribution in [0.4, 0.5) is 4.79 Å². The number of ether oxygens (including phenoxy) is 1. The topological polar surface area (TPSA) is 49.8 Å². The van der Waals surface area contributed by atoms with Gasteiger partial charge in [0.1, 0.15) is 0 Å². The van der Waals surface area contributed by atoms with Gasteiger partial charge in [-0.3, -0.25) is 0 Å². The largest absolute Gasteiger partial charge is 0.418 e. The third-order valence-electron chi connectivity index (χ3n) is 4.68. The van der Waals surface area contributed by atoms with Crippen LogP contribution in [0, 0.1) is 5.92 Å². The van der Waals surface area contributed by atoms with Crippen molar-refractivity contribution < 1.29 is 14.6 Å². The van der Waals surface area contributed by atoms with E-state index in [1.54, 1.807) is 11.2 Å². The molecule has 0 radical (unpaired) electrons. The summed E-state index contributed by atoms with van der Waals surface area (Å²) in [5, 5.41) is 10.7. The Kier molecular flexibility index (Phi) is 7.08. The average Bonchev–Trinajstić information content (AvgIpc) is 3.00. The number of hydrogen-bond acceptors (Lipinski definition) is 3. The molecule has 1 aromatic carbocycles. The second-order valence-corrected chi connectivity index (χ2v) is 8.08. The van der Waals surface area contributed by atoms with Crippen molar-refractivity contribution in [3.63, 3.8) is 0 Å². The maximum Gasteiger partial charge on any atom is 0.415 e. The molecule has 1 aromatic rings. The van der Waals surface area contributed by atoms with Gasteiger partial charge in [0, 0.05) is 22.5 Å². The van der Waals surface area contributed by atoms with E-state index in [-0.39, 0.29) is 24.1 Å². The van der Waals surface area contributed by atoms with Gasteiger partial charge in [0.15, 0.2) is 0 Å². The Balaban J connectivity index is 2.08. The van der Waals surface area contributed by atoms with Crippen LogP contribution in [0.3, 0.4) is 0 Å². The summed E-state index contributed by atoms with van der Waals surface area (Å²) in [6.45, 7) is 7.91. The number of aliphatic hydroxyl groups excluding tert-OH is 1. The summed E-state index contributed by atoms with van der Waals surface area (Å²) in [7, 11) is 0. The summed E-state index contributed by atoms with van der Waals surface area (Å²) < 4.78 is 6.44. The number of aliphatic hydroxyl groups is 1. The van der Waals surface area contributed by atoms with Gasteiger partial charge in [-0.15, -0.1) is 0 Å². The zero-order chi connectivity index (χ0) is 18.6. The molecule has 0 heterocycles. The lowest BCUT2D eigenvalue weighted by Gasteiger charge is -2.29. The minimum atomic E-state index is -0.577. The van der Waals surface area contributed by atoms with Crippen LogP contribution in [0.25, 0.3) is 0 Å². The Hall–Kier alpha value is -1.33. The maximum absolute atomic E-state index is 12.4. The number of carbonyl (C=O) groups excluding carboxylic acids is 1. The Morgan fingerprint density at radius 3 is 2.40 bits per heavy atom. The van der Waals surface area contributed by atoms with E-state index in [1.807, 2.05) is 52.0 Å². The highest BCUT2D eigenvalue weighted by Crippen LogP contribution is 2.40. The normalized spacial score (nSPS) is 20.3. The van der Waals surface area contributed by atoms with Crippen LogP contribution < -0.4 is 0 Å². The summed E-state index contributed by atoms with van der Waals surface area (Å²) in [6, 6.07) is 7.88. The molecule has 138 valence electrons. The zero-order valence-electron chi connectivity index (χ0n) is 15.4. The number of benzene rings is 1. The van der Waals surface area contributed by atoms with Gasteiger partial charge in [-0.25, -0.2) is 4.79 Å². The molecule has 1 fully saturated rings. The van der Waals surface area contributed by atoms with E-state index in [0.29, 0.717) is 0 Å². The third kappa shape index (κ3) is 5.08. The Bertz CT molecular complexity index is 602. The molecule has 25 heavy (non-hydrogen) atoms. The van der Waals surface area contributed by atoms with Gasteiger partial charge in [0.25, 0.3) is 0 Å². The van der Waals surface area contributed by atoms with Crippen molar-refractivity contribution in [3.05, 3.63) is 46.1 Å². The molecule has 5 heteroatoms. The summed E-state index contributed by atoms with van der Waals surface area (Å²) >= 11 is 3.41. The molecule has 0 bridgehead atoms. The Morgan fingerprint density at radius 1 is 1.24 bits per heavy atom. The van der Waals surface area contributed by atoms with Crippen molar-refractivity contribution >= 4 is 22.0 Å². The molecule has 1 aliphatic rings. The lowest BCUT2D eigenvalue weighted by Crippen LogP contribution is -2.41. The Labute approximate surface area is 159 Å². The first kappa shape index (κ1) is 20.0. The molecule has 0 aliphatic heterocycles. The monoisotopic (exact) mass is 409 g/mol. The zero-order valence-corrected chi connectivity index (χ0v) is 17.0. The summed E-state index contributed by atoms with van der Waals surface area (Å²) in [5.41, 5.74) is 1.90. The molecule has 0 unspecified atom stereocenters. The molecule has 1 saturated carbocycles. The van der Waals surface area contributed by atoms with E-state index in [1.165, 1.54) is 0 Å². The minimum absolute atomic E-state index is 0.000487. The van der Waals surface area contributed by atoms with Crippen molar-refractivity contribution in [2.24, 2.45) is 5.92 Å². The maximum atomic E-state index is 12.4. The molecule has 4 nitrogen and oxygen atoms in total. The van der Waals surface area contributed by atoms with E-state index >= 15 is 0 Å². The molecule has 0 saturated heterocycles. The first-order valence-corrected chi connectivity index (χ1v) is 9.72. The molecule has 0 spiro atoms. The van der Waals surface area contributed by atoms with Gasteiger partial charge in [0.05, 0.1) is 12.4 Å². The van der Waals surface area contributed by atoms with E-state index in [0.717, 1.165) is 34.9 Å². The predicted molar refractivity (Wildman–Crippen MR) is 103 cm³/mol. The van der Waals surface area contributed by atoms with E-state index < -0.39 is 6.10 Å². The second kappa shape index (κ2) is 8.86. The van der Waals surface area contributed by atoms with Gasteiger partial charge in [-0.1, -0.05) is 28.1 Å². The third-order valence-corrected chi connectivity index (χ3v) is 5.21. The van der Waals surface area contributed by atoms with Crippen LogP contribution in [-0.2, 0) is 4.74 Å². The molecule has 1 N–H and O–H groups in total. The smallest absolute Gasteiger partial charge is 0.415 e. The summed E-state index contributed by atoms with van der Waals surface area (Å²) in [4.78, 5) is 14.1. The molecule has 2 rings (SSSR count). The molecule has 0 aromatic heterocycles. The lowest BCUT2D eigenvalue weighted by molar-refractivity contribution is 0.104. The van der Waals surface area contributed by atoms with Crippen LogP contribution in [0.5, 0.6) is 0 Å². The minimum Gasteiger partial charge on any atom is -0.418 e. The lowest BCUT2D eigenvalue weighted by atomic mass is 9.92. The quantitative estimate of drug-likeness (QED) is 0.660. The highest BCUT2D eigenvalue weighted by molar-refractivity contribution is 9.10. The predicted octanol–water partition coefficient (Wildman–Crippen LogP) is 5.42. The number of hydrogen-bond donors (Lipinski definition) is 1. The summed E-state index contributed by atoms with van der Waals surface area (Å²) in [5.74, 6) is 0.000487. The number of rotatable bonds is 5. The SMILES string of the molecule is CC(C)N(C(=O)O/C=C1/CCC[C@@H]1[C@H](O)c1ccc(Br)cc1)C(C)C. The van der Waals surface area contributed by atoms with Crippen LogP contribution in [0.15, 0.2) is 40.6 Å². The van der Waals surface area contributed by atoms with Crippen LogP contribution in [0.1, 0.15) is 58.6 Å². The highest BCUT2D eigenvalue weighted by atomic mass is 79.9. The number of carbonyl (C=O) groups is 1. The van der Waals surface area contributed by atoms with Crippen molar-refractivity contribution in [2.45, 2.75) is 65.1 Å². The average molecular weight is 410 g/mol. The number of halogens is 1. The van der Waals surface area contributed by atoms with Crippen molar-refractivity contribution in [2.75, 3.05) is 0 Å². The standard InChI is InChI=1S/C20H28BrNO3/c1-13(2)22(14(3)4)20(24)25-12-16-6-5-7-18(16)19(23)15-8-10-17(21)11-9-15/h8-14,18-19,23H,5-7H2,1-4H3/b16-12-/t18-,19+/m0/s1. The van der Waals surface area contributed by atoms with Crippen molar-refractivity contribution in [3.8, 4) is 0 Å². The second-order valence-electron chi connectivity index (χ2n) is 7.17. The van der Waals surface area contributed by atoms with Gasteiger partial charge < -0.3 is 14.7 Å². The molecular formula is C20H28BrNO3. The van der Waals surface area contributed by atoms with E-state index in [9.17, 15) is 9.90 Å². The van der Waals surface area contributed by atoms with Gasteiger partial charge in [-0.05, 0) is 70.2 Å². The van der Waals surface area contributed by atoms with E-state index in [4.69, 9.17) is 4.74 Å². The molecule has 2 atom stereocenters. The Morgan fingerprint density at radius 2 is 1.84 bits per heavy atom. The molecular weight excluding hydrogens is 382 g/mol. The van der Waals surface area contributed by atoms with Crippen LogP contribution in [-0.4, -0.2) is 28.2 Å². The highest BCUT2D eigenvalue weighted by Gasteiger charge is 2.30. The fourth-order valence-electron chi connectivity index (χ4n) is 3.50. The van der Waals surface area contributed by atoms with Gasteiger partial charge in [-0.2, -0.15) is 0 Å².